The molecule has 2 aromatic carbocycles. The summed E-state index contributed by atoms with van der Waals surface area (Å²) in [6.07, 6.45) is 4.88. The van der Waals surface area contributed by atoms with Gasteiger partial charge >= 0.3 is 0 Å². The van der Waals surface area contributed by atoms with E-state index < -0.39 is 0 Å². The van der Waals surface area contributed by atoms with Gasteiger partial charge < -0.3 is 15.4 Å². The van der Waals surface area contributed by atoms with Gasteiger partial charge in [-0.05, 0) is 48.9 Å². The molecule has 0 aromatic heterocycles. The van der Waals surface area contributed by atoms with Crippen LogP contribution in [0.3, 0.4) is 0 Å². The van der Waals surface area contributed by atoms with Crippen LogP contribution in [-0.2, 0) is 0 Å². The van der Waals surface area contributed by atoms with Crippen LogP contribution in [0.5, 0.6) is 5.75 Å². The van der Waals surface area contributed by atoms with E-state index in [9.17, 15) is 0 Å². The molecule has 0 unspecified atom stereocenters. The molecule has 0 saturated heterocycles. The molecular weight excluding hydrogens is 355 g/mol. The number of ether oxygens (including phenoxy) is 1. The van der Waals surface area contributed by atoms with Crippen molar-refractivity contribution in [2.75, 3.05) is 30.3 Å². The van der Waals surface area contributed by atoms with Crippen molar-refractivity contribution >= 4 is 34.6 Å². The van der Waals surface area contributed by atoms with Crippen molar-refractivity contribution in [3.8, 4) is 5.75 Å². The van der Waals surface area contributed by atoms with E-state index in [0.29, 0.717) is 10.0 Å². The molecule has 0 aliphatic heterocycles. The maximum absolute atomic E-state index is 6.13. The lowest BCUT2D eigenvalue weighted by Crippen LogP contribution is -2.13. The third-order valence-corrected chi connectivity index (χ3v) is 4.37. The first-order valence-corrected chi connectivity index (χ1v) is 9.60. The van der Waals surface area contributed by atoms with Gasteiger partial charge in [0.25, 0.3) is 0 Å². The van der Waals surface area contributed by atoms with Crippen molar-refractivity contribution < 1.29 is 4.74 Å². The molecule has 0 amide bonds. The standard InChI is InChI=1S/C20H26Cl2N2O/c1-2-3-4-5-14-25-18-9-7-17(8-10-18)23-12-13-24-20-11-6-16(21)15-19(20)22/h6-11,15,23-24H,2-5,12-14H2,1H3. The zero-order valence-corrected chi connectivity index (χ0v) is 16.2. The van der Waals surface area contributed by atoms with Crippen LogP contribution in [0, 0.1) is 0 Å². The highest BCUT2D eigenvalue weighted by atomic mass is 35.5. The summed E-state index contributed by atoms with van der Waals surface area (Å²) < 4.78 is 5.75. The first kappa shape index (κ1) is 19.7. The highest BCUT2D eigenvalue weighted by molar-refractivity contribution is 6.36. The lowest BCUT2D eigenvalue weighted by atomic mass is 10.2. The number of hydrogen-bond donors (Lipinski definition) is 2. The fourth-order valence-corrected chi connectivity index (χ4v) is 2.90. The summed E-state index contributed by atoms with van der Waals surface area (Å²) in [6.45, 7) is 4.55. The molecule has 0 saturated carbocycles. The lowest BCUT2D eigenvalue weighted by molar-refractivity contribution is 0.305. The van der Waals surface area contributed by atoms with E-state index in [0.717, 1.165) is 43.2 Å². The summed E-state index contributed by atoms with van der Waals surface area (Å²) in [7, 11) is 0. The number of nitrogens with one attached hydrogen (secondary N) is 2. The van der Waals surface area contributed by atoms with Crippen molar-refractivity contribution in [1.29, 1.82) is 0 Å². The molecule has 2 rings (SSSR count). The van der Waals surface area contributed by atoms with Crippen molar-refractivity contribution in [3.63, 3.8) is 0 Å². The Morgan fingerprint density at radius 2 is 1.64 bits per heavy atom. The summed E-state index contributed by atoms with van der Waals surface area (Å²) >= 11 is 12.0. The molecule has 0 aliphatic rings. The number of anilines is 2. The van der Waals surface area contributed by atoms with Gasteiger partial charge in [0.05, 0.1) is 17.3 Å². The Morgan fingerprint density at radius 1 is 0.880 bits per heavy atom. The molecule has 0 spiro atoms. The van der Waals surface area contributed by atoms with Crippen LogP contribution >= 0.6 is 23.2 Å². The van der Waals surface area contributed by atoms with Crippen LogP contribution in [0.2, 0.25) is 10.0 Å². The second kappa shape index (κ2) is 11.1. The summed E-state index contributed by atoms with van der Waals surface area (Å²) in [6, 6.07) is 13.5. The van der Waals surface area contributed by atoms with Gasteiger partial charge in [0.1, 0.15) is 5.75 Å². The molecule has 136 valence electrons. The van der Waals surface area contributed by atoms with Gasteiger partial charge in [-0.1, -0.05) is 49.4 Å². The Morgan fingerprint density at radius 3 is 2.36 bits per heavy atom. The second-order valence-corrected chi connectivity index (χ2v) is 6.75. The normalized spacial score (nSPS) is 10.5. The van der Waals surface area contributed by atoms with Crippen LogP contribution in [-0.4, -0.2) is 19.7 Å². The van der Waals surface area contributed by atoms with Crippen LogP contribution in [0.15, 0.2) is 42.5 Å². The molecule has 0 radical (unpaired) electrons. The molecule has 0 bridgehead atoms. The minimum atomic E-state index is 0.632. The van der Waals surface area contributed by atoms with E-state index in [1.165, 1.54) is 19.3 Å². The van der Waals surface area contributed by atoms with Crippen molar-refractivity contribution in [2.24, 2.45) is 0 Å². The van der Waals surface area contributed by atoms with Gasteiger partial charge in [-0.25, -0.2) is 0 Å². The maximum Gasteiger partial charge on any atom is 0.119 e. The Labute approximate surface area is 160 Å². The van der Waals surface area contributed by atoms with E-state index >= 15 is 0 Å². The van der Waals surface area contributed by atoms with E-state index in [1.807, 2.05) is 36.4 Å². The second-order valence-electron chi connectivity index (χ2n) is 5.91. The lowest BCUT2D eigenvalue weighted by Gasteiger charge is -2.11. The molecule has 5 heteroatoms. The molecule has 25 heavy (non-hydrogen) atoms. The number of unbranched alkanes of at least 4 members (excludes halogenated alkanes) is 3. The van der Waals surface area contributed by atoms with Gasteiger partial charge in [-0.15, -0.1) is 0 Å². The third kappa shape index (κ3) is 7.45. The number of halogens is 2. The Balaban J connectivity index is 1.65. The monoisotopic (exact) mass is 380 g/mol. The quantitative estimate of drug-likeness (QED) is 0.437. The van der Waals surface area contributed by atoms with E-state index in [-0.39, 0.29) is 0 Å². The SMILES string of the molecule is CCCCCCOc1ccc(NCCNc2ccc(Cl)cc2Cl)cc1. The van der Waals surface area contributed by atoms with Gasteiger partial charge in [-0.3, -0.25) is 0 Å². The maximum atomic E-state index is 6.13. The average Bonchev–Trinajstić information content (AvgIpc) is 2.61. The van der Waals surface area contributed by atoms with Gasteiger partial charge in [0.2, 0.25) is 0 Å². The van der Waals surface area contributed by atoms with E-state index in [1.54, 1.807) is 6.07 Å². The van der Waals surface area contributed by atoms with E-state index in [2.05, 4.69) is 17.6 Å². The number of rotatable bonds is 11. The smallest absolute Gasteiger partial charge is 0.119 e. The summed E-state index contributed by atoms with van der Waals surface area (Å²) in [4.78, 5) is 0. The predicted octanol–water partition coefficient (Wildman–Crippen LogP) is 6.48. The molecule has 3 nitrogen and oxygen atoms in total. The molecule has 2 aromatic rings. The fraction of sp³-hybridized carbons (Fsp3) is 0.400. The highest BCUT2D eigenvalue weighted by Gasteiger charge is 2.00. The number of hydrogen-bond acceptors (Lipinski definition) is 3. The van der Waals surface area contributed by atoms with Gasteiger partial charge in [-0.2, -0.15) is 0 Å². The minimum absolute atomic E-state index is 0.632. The molecule has 0 aliphatic carbocycles. The zero-order chi connectivity index (χ0) is 17.9. The summed E-state index contributed by atoms with van der Waals surface area (Å²) in [5.74, 6) is 0.924. The topological polar surface area (TPSA) is 33.3 Å². The summed E-state index contributed by atoms with van der Waals surface area (Å²) in [5.41, 5.74) is 1.96. The van der Waals surface area contributed by atoms with Crippen LogP contribution in [0.25, 0.3) is 0 Å². The van der Waals surface area contributed by atoms with Crippen LogP contribution in [0.4, 0.5) is 11.4 Å². The Bertz CT molecular complexity index is 632. The van der Waals surface area contributed by atoms with Crippen molar-refractivity contribution in [2.45, 2.75) is 32.6 Å². The Hall–Kier alpha value is -1.58. The van der Waals surface area contributed by atoms with Gasteiger partial charge in [0.15, 0.2) is 0 Å². The molecule has 0 heterocycles. The number of benzene rings is 2. The molecule has 0 fully saturated rings. The van der Waals surface area contributed by atoms with E-state index in [4.69, 9.17) is 27.9 Å². The van der Waals surface area contributed by atoms with Crippen molar-refractivity contribution in [3.05, 3.63) is 52.5 Å². The highest BCUT2D eigenvalue weighted by Crippen LogP contribution is 2.25. The van der Waals surface area contributed by atoms with Crippen LogP contribution in [0.1, 0.15) is 32.6 Å². The molecular formula is C20H26Cl2N2O. The first-order valence-electron chi connectivity index (χ1n) is 8.84. The largest absolute Gasteiger partial charge is 0.494 e. The van der Waals surface area contributed by atoms with Crippen molar-refractivity contribution in [1.82, 2.24) is 0 Å². The first-order chi connectivity index (χ1) is 12.2. The predicted molar refractivity (Wildman–Crippen MR) is 110 cm³/mol. The summed E-state index contributed by atoms with van der Waals surface area (Å²) in [5, 5.41) is 7.93. The molecule has 2 N–H and O–H groups in total. The third-order valence-electron chi connectivity index (χ3n) is 3.82. The van der Waals surface area contributed by atoms with Gasteiger partial charge in [0, 0.05) is 23.8 Å². The Kier molecular flexibility index (Phi) is 8.78. The average molecular weight is 381 g/mol. The van der Waals surface area contributed by atoms with Crippen LogP contribution < -0.4 is 15.4 Å². The minimum Gasteiger partial charge on any atom is -0.494 e. The fourth-order valence-electron chi connectivity index (χ4n) is 2.42. The molecule has 0 atom stereocenters. The zero-order valence-electron chi connectivity index (χ0n) is 14.7.